The molecule has 2 saturated heterocycles. The van der Waals surface area contributed by atoms with Gasteiger partial charge in [-0.2, -0.15) is 18.4 Å². The molecule has 36 heavy (non-hydrogen) atoms. The lowest BCUT2D eigenvalue weighted by Gasteiger charge is -2.37. The summed E-state index contributed by atoms with van der Waals surface area (Å²) >= 11 is 0. The average molecular weight is 501 g/mol. The Hall–Kier alpha value is -3.28. The number of halogens is 3. The predicted octanol–water partition coefficient (Wildman–Crippen LogP) is 5.68. The van der Waals surface area contributed by atoms with Crippen LogP contribution >= 0.6 is 0 Å². The lowest BCUT2D eigenvalue weighted by Crippen LogP contribution is -2.47. The van der Waals surface area contributed by atoms with Gasteiger partial charge < -0.3 is 14.7 Å². The Kier molecular flexibility index (Phi) is 6.31. The number of hydrogen-bond donors (Lipinski definition) is 1. The van der Waals surface area contributed by atoms with Gasteiger partial charge >= 0.3 is 12.1 Å². The number of fused-ring (bicyclic) bond motifs is 3. The maximum absolute atomic E-state index is 13.4. The van der Waals surface area contributed by atoms with Crippen LogP contribution in [0.15, 0.2) is 30.3 Å². The first-order chi connectivity index (χ1) is 17.2. The molecule has 0 aromatic heterocycles. The van der Waals surface area contributed by atoms with Gasteiger partial charge in [-0.3, -0.25) is 9.59 Å². The Morgan fingerprint density at radius 3 is 2.25 bits per heavy atom. The molecule has 3 aliphatic rings. The number of nitrogens with zero attached hydrogens (tertiary/aromatic N) is 2. The number of ether oxygens (including phenoxy) is 1. The van der Waals surface area contributed by atoms with Crippen LogP contribution in [0.3, 0.4) is 0 Å². The van der Waals surface area contributed by atoms with Crippen molar-refractivity contribution >= 4 is 22.6 Å². The van der Waals surface area contributed by atoms with Gasteiger partial charge in [0.2, 0.25) is 0 Å². The van der Waals surface area contributed by atoms with Gasteiger partial charge in [-0.25, -0.2) is 0 Å². The van der Waals surface area contributed by atoms with Crippen LogP contribution in [-0.2, 0) is 4.79 Å². The molecule has 2 atom stereocenters. The van der Waals surface area contributed by atoms with Gasteiger partial charge in [0.1, 0.15) is 17.4 Å². The second kappa shape index (κ2) is 9.30. The van der Waals surface area contributed by atoms with Crippen molar-refractivity contribution in [2.75, 3.05) is 0 Å². The third-order valence-corrected chi connectivity index (χ3v) is 8.09. The summed E-state index contributed by atoms with van der Waals surface area (Å²) in [5.41, 5.74) is 0.781. The molecule has 1 aliphatic carbocycles. The molecular formula is C27H27F3N2O4. The number of piperidine rings is 1. The zero-order chi connectivity index (χ0) is 25.6. The molecular weight excluding hydrogens is 473 g/mol. The van der Waals surface area contributed by atoms with Crippen LogP contribution in [-0.4, -0.2) is 46.2 Å². The van der Waals surface area contributed by atoms with Gasteiger partial charge in [0.25, 0.3) is 5.91 Å². The number of amides is 1. The van der Waals surface area contributed by atoms with E-state index in [9.17, 15) is 33.1 Å². The molecule has 1 saturated carbocycles. The molecule has 2 bridgehead atoms. The van der Waals surface area contributed by atoms with Crippen molar-refractivity contribution in [3.63, 3.8) is 0 Å². The number of nitriles is 1. The predicted molar refractivity (Wildman–Crippen MR) is 124 cm³/mol. The van der Waals surface area contributed by atoms with Crippen molar-refractivity contribution < 1.29 is 32.6 Å². The summed E-state index contributed by atoms with van der Waals surface area (Å²) in [5, 5.41) is 20.5. The SMILES string of the molecule is N#Cc1c(OC2CCC(C(F)(F)F)CC2)ccc2cc(C(=O)N3C4CCC3CC(C(=O)O)C4)ccc12. The zero-order valence-corrected chi connectivity index (χ0v) is 19.6. The number of carbonyl (C=O) groups is 2. The van der Waals surface area contributed by atoms with E-state index in [4.69, 9.17) is 4.74 Å². The summed E-state index contributed by atoms with van der Waals surface area (Å²) in [7, 11) is 0. The number of alkyl halides is 3. The highest BCUT2D eigenvalue weighted by molar-refractivity contribution is 6.00. The van der Waals surface area contributed by atoms with Gasteiger partial charge in [0, 0.05) is 23.0 Å². The standard InChI is InChI=1S/C27H27F3N2O4/c28-27(29,30)18-3-7-21(8-4-18)36-24-10-2-15-11-16(1-9-22(15)23(24)14-31)25(33)32-19-5-6-20(32)13-17(12-19)26(34)35/h1-2,9-11,17-21H,3-8,12-13H2,(H,34,35). The van der Waals surface area contributed by atoms with Crippen LogP contribution in [0, 0.1) is 23.2 Å². The van der Waals surface area contributed by atoms with Crippen LogP contribution in [0.2, 0.25) is 0 Å². The Morgan fingerprint density at radius 2 is 1.67 bits per heavy atom. The summed E-state index contributed by atoms with van der Waals surface area (Å²) in [6.45, 7) is 0. The number of carboxylic acids is 1. The van der Waals surface area contributed by atoms with E-state index >= 15 is 0 Å². The minimum Gasteiger partial charge on any atom is -0.489 e. The van der Waals surface area contributed by atoms with Crippen molar-refractivity contribution in [1.82, 2.24) is 4.90 Å². The normalized spacial score (nSPS) is 28.1. The van der Waals surface area contributed by atoms with Gasteiger partial charge in [-0.1, -0.05) is 12.1 Å². The highest BCUT2D eigenvalue weighted by Gasteiger charge is 2.45. The van der Waals surface area contributed by atoms with Crippen molar-refractivity contribution in [2.45, 2.75) is 75.7 Å². The molecule has 2 aromatic carbocycles. The minimum absolute atomic E-state index is 0.0147. The molecule has 9 heteroatoms. The molecule has 190 valence electrons. The van der Waals surface area contributed by atoms with E-state index in [2.05, 4.69) is 6.07 Å². The van der Waals surface area contributed by atoms with Gasteiger partial charge in [0.05, 0.1) is 17.9 Å². The maximum Gasteiger partial charge on any atom is 0.391 e. The van der Waals surface area contributed by atoms with E-state index in [1.165, 1.54) is 0 Å². The third-order valence-electron chi connectivity index (χ3n) is 8.09. The Balaban J connectivity index is 1.33. The van der Waals surface area contributed by atoms with Crippen LogP contribution < -0.4 is 4.74 Å². The van der Waals surface area contributed by atoms with E-state index in [1.54, 1.807) is 30.3 Å². The topological polar surface area (TPSA) is 90.6 Å². The van der Waals surface area contributed by atoms with E-state index in [-0.39, 0.29) is 49.8 Å². The minimum atomic E-state index is -4.19. The van der Waals surface area contributed by atoms with Crippen molar-refractivity contribution in [1.29, 1.82) is 5.26 Å². The highest BCUT2D eigenvalue weighted by atomic mass is 19.4. The van der Waals surface area contributed by atoms with Crippen LogP contribution in [0.5, 0.6) is 5.75 Å². The second-order valence-corrected chi connectivity index (χ2v) is 10.2. The maximum atomic E-state index is 13.4. The second-order valence-electron chi connectivity index (χ2n) is 10.2. The summed E-state index contributed by atoms with van der Waals surface area (Å²) in [6, 6.07) is 10.5. The lowest BCUT2D eigenvalue weighted by molar-refractivity contribution is -0.185. The fourth-order valence-electron chi connectivity index (χ4n) is 6.20. The number of carbonyl (C=O) groups excluding carboxylic acids is 1. The van der Waals surface area contributed by atoms with Crippen molar-refractivity contribution in [3.8, 4) is 11.8 Å². The molecule has 2 aromatic rings. The van der Waals surface area contributed by atoms with Crippen LogP contribution in [0.1, 0.15) is 67.3 Å². The fraction of sp³-hybridized carbons (Fsp3) is 0.519. The smallest absolute Gasteiger partial charge is 0.391 e. The average Bonchev–Trinajstić information content (AvgIpc) is 3.11. The summed E-state index contributed by atoms with van der Waals surface area (Å²) in [4.78, 5) is 26.7. The fourth-order valence-corrected chi connectivity index (χ4v) is 6.20. The Labute approximate surface area is 206 Å². The van der Waals surface area contributed by atoms with Crippen LogP contribution in [0.25, 0.3) is 10.8 Å². The van der Waals surface area contributed by atoms with Crippen LogP contribution in [0.4, 0.5) is 13.2 Å². The molecule has 3 fully saturated rings. The van der Waals surface area contributed by atoms with Gasteiger partial charge in [0.15, 0.2) is 0 Å². The van der Waals surface area contributed by atoms with Crippen molar-refractivity contribution in [3.05, 3.63) is 41.5 Å². The molecule has 1 N–H and O–H groups in total. The molecule has 1 amide bonds. The third kappa shape index (κ3) is 4.49. The number of hydrogen-bond acceptors (Lipinski definition) is 4. The largest absolute Gasteiger partial charge is 0.489 e. The lowest BCUT2D eigenvalue weighted by atomic mass is 9.87. The number of benzene rings is 2. The monoisotopic (exact) mass is 500 g/mol. The molecule has 0 spiro atoms. The van der Waals surface area contributed by atoms with E-state index < -0.39 is 24.0 Å². The van der Waals surface area contributed by atoms with E-state index in [1.807, 2.05) is 4.90 Å². The number of carboxylic acid groups (broad SMARTS) is 1. The Bertz CT molecular complexity index is 1220. The highest BCUT2D eigenvalue weighted by Crippen LogP contribution is 2.41. The molecule has 2 aliphatic heterocycles. The van der Waals surface area contributed by atoms with Gasteiger partial charge in [-0.15, -0.1) is 0 Å². The van der Waals surface area contributed by atoms with Crippen molar-refractivity contribution in [2.24, 2.45) is 11.8 Å². The number of aliphatic carboxylic acids is 1. The first kappa shape index (κ1) is 24.4. The first-order valence-electron chi connectivity index (χ1n) is 12.4. The zero-order valence-electron chi connectivity index (χ0n) is 19.6. The van der Waals surface area contributed by atoms with E-state index in [0.29, 0.717) is 40.5 Å². The molecule has 2 heterocycles. The molecule has 0 radical (unpaired) electrons. The summed E-state index contributed by atoms with van der Waals surface area (Å²) in [6.07, 6.45) is -1.43. The number of rotatable bonds is 4. The van der Waals surface area contributed by atoms with Gasteiger partial charge in [-0.05, 0) is 75.0 Å². The summed E-state index contributed by atoms with van der Waals surface area (Å²) < 4.78 is 44.8. The molecule has 6 nitrogen and oxygen atoms in total. The quantitative estimate of drug-likeness (QED) is 0.583. The Morgan fingerprint density at radius 1 is 1.00 bits per heavy atom. The summed E-state index contributed by atoms with van der Waals surface area (Å²) in [5.74, 6) is -2.31. The molecule has 5 rings (SSSR count). The molecule has 2 unspecified atom stereocenters. The van der Waals surface area contributed by atoms with E-state index in [0.717, 1.165) is 12.8 Å². The first-order valence-corrected chi connectivity index (χ1v) is 12.4.